The van der Waals surface area contributed by atoms with Gasteiger partial charge in [-0.25, -0.2) is 4.98 Å². The van der Waals surface area contributed by atoms with E-state index in [0.29, 0.717) is 22.1 Å². The van der Waals surface area contributed by atoms with Crippen molar-refractivity contribution in [2.75, 3.05) is 11.9 Å². The standard InChI is InChI=1S/C18H13F3N4OS/c19-18(20,21)10-25-15(23-12-6-2-1-5-11(12)17(25)26)14-9-27-16(24-14)13-7-3-4-8-22-13/h1-9,15,23H,10H2/t15-/m0/s1. The summed E-state index contributed by atoms with van der Waals surface area (Å²) in [6, 6.07) is 11.8. The molecule has 5 nitrogen and oxygen atoms in total. The van der Waals surface area contributed by atoms with E-state index in [0.717, 1.165) is 4.90 Å². The van der Waals surface area contributed by atoms with E-state index in [9.17, 15) is 18.0 Å². The van der Waals surface area contributed by atoms with Gasteiger partial charge in [0.25, 0.3) is 5.91 Å². The largest absolute Gasteiger partial charge is 0.406 e. The minimum Gasteiger partial charge on any atom is -0.359 e. The number of para-hydroxylation sites is 1. The topological polar surface area (TPSA) is 58.1 Å². The van der Waals surface area contributed by atoms with E-state index < -0.39 is 24.8 Å². The van der Waals surface area contributed by atoms with Crippen molar-refractivity contribution >= 4 is 22.9 Å². The highest BCUT2D eigenvalue weighted by molar-refractivity contribution is 7.13. The maximum atomic E-state index is 13.1. The Balaban J connectivity index is 1.73. The van der Waals surface area contributed by atoms with Crippen LogP contribution in [0.5, 0.6) is 0 Å². The number of halogens is 3. The summed E-state index contributed by atoms with van der Waals surface area (Å²) in [6.45, 7) is -1.37. The molecule has 0 spiro atoms. The highest BCUT2D eigenvalue weighted by atomic mass is 32.1. The van der Waals surface area contributed by atoms with Gasteiger partial charge in [0.05, 0.1) is 17.0 Å². The third-order valence-electron chi connectivity index (χ3n) is 4.06. The number of nitrogens with one attached hydrogen (secondary N) is 1. The quantitative estimate of drug-likeness (QED) is 0.723. The number of hydrogen-bond donors (Lipinski definition) is 1. The molecule has 4 rings (SSSR count). The molecule has 1 N–H and O–H groups in total. The summed E-state index contributed by atoms with van der Waals surface area (Å²) in [5.74, 6) is -0.681. The van der Waals surface area contributed by atoms with Crippen LogP contribution in [0, 0.1) is 0 Å². The molecule has 3 aromatic rings. The first-order chi connectivity index (χ1) is 12.9. The average molecular weight is 390 g/mol. The van der Waals surface area contributed by atoms with Crippen LogP contribution in [0.4, 0.5) is 18.9 Å². The van der Waals surface area contributed by atoms with E-state index in [4.69, 9.17) is 0 Å². The zero-order chi connectivity index (χ0) is 19.0. The van der Waals surface area contributed by atoms with E-state index in [1.807, 2.05) is 0 Å². The van der Waals surface area contributed by atoms with Crippen molar-refractivity contribution in [2.24, 2.45) is 0 Å². The lowest BCUT2D eigenvalue weighted by molar-refractivity contribution is -0.144. The summed E-state index contributed by atoms with van der Waals surface area (Å²) in [5.41, 5.74) is 1.66. The first kappa shape index (κ1) is 17.5. The van der Waals surface area contributed by atoms with Crippen LogP contribution in [0.2, 0.25) is 0 Å². The Morgan fingerprint density at radius 1 is 1.15 bits per heavy atom. The molecule has 0 unspecified atom stereocenters. The second-order valence-corrected chi connectivity index (χ2v) is 6.79. The molecule has 0 saturated carbocycles. The van der Waals surface area contributed by atoms with E-state index >= 15 is 0 Å². The average Bonchev–Trinajstić information content (AvgIpc) is 3.14. The maximum absolute atomic E-state index is 13.1. The van der Waals surface area contributed by atoms with Crippen molar-refractivity contribution < 1.29 is 18.0 Å². The molecule has 1 aliphatic rings. The molecule has 2 aromatic heterocycles. The van der Waals surface area contributed by atoms with Gasteiger partial charge in [0.15, 0.2) is 0 Å². The van der Waals surface area contributed by atoms with Gasteiger partial charge in [-0.2, -0.15) is 13.2 Å². The zero-order valence-electron chi connectivity index (χ0n) is 13.8. The molecule has 0 fully saturated rings. The van der Waals surface area contributed by atoms with Gasteiger partial charge < -0.3 is 10.2 Å². The molecule has 0 aliphatic carbocycles. The van der Waals surface area contributed by atoms with E-state index in [1.165, 1.54) is 17.4 Å². The molecule has 27 heavy (non-hydrogen) atoms. The summed E-state index contributed by atoms with van der Waals surface area (Å²) in [4.78, 5) is 22.1. The van der Waals surface area contributed by atoms with Gasteiger partial charge in [-0.3, -0.25) is 9.78 Å². The van der Waals surface area contributed by atoms with Crippen molar-refractivity contribution in [1.29, 1.82) is 0 Å². The van der Waals surface area contributed by atoms with Crippen LogP contribution in [0.25, 0.3) is 10.7 Å². The van der Waals surface area contributed by atoms with Crippen LogP contribution in [-0.2, 0) is 0 Å². The lowest BCUT2D eigenvalue weighted by atomic mass is 10.1. The number of hydrogen-bond acceptors (Lipinski definition) is 5. The number of carbonyl (C=O) groups excluding carboxylic acids is 1. The number of alkyl halides is 3. The number of benzene rings is 1. The minimum atomic E-state index is -4.53. The van der Waals surface area contributed by atoms with Crippen LogP contribution in [0.15, 0.2) is 54.0 Å². The molecular weight excluding hydrogens is 377 g/mol. The van der Waals surface area contributed by atoms with Crippen LogP contribution in [0.3, 0.4) is 0 Å². The Morgan fingerprint density at radius 2 is 1.93 bits per heavy atom. The second kappa shape index (κ2) is 6.66. The van der Waals surface area contributed by atoms with Crippen LogP contribution in [-0.4, -0.2) is 33.5 Å². The fourth-order valence-electron chi connectivity index (χ4n) is 2.90. The molecule has 1 aromatic carbocycles. The van der Waals surface area contributed by atoms with Gasteiger partial charge >= 0.3 is 6.18 Å². The van der Waals surface area contributed by atoms with Crippen LogP contribution >= 0.6 is 11.3 Å². The number of aromatic nitrogens is 2. The zero-order valence-corrected chi connectivity index (χ0v) is 14.6. The number of rotatable bonds is 3. The highest BCUT2D eigenvalue weighted by Gasteiger charge is 2.41. The Bertz CT molecular complexity index is 974. The second-order valence-electron chi connectivity index (χ2n) is 5.93. The fraction of sp³-hybridized carbons (Fsp3) is 0.167. The molecule has 9 heteroatoms. The number of anilines is 1. The lowest BCUT2D eigenvalue weighted by Gasteiger charge is -2.37. The summed E-state index contributed by atoms with van der Waals surface area (Å²) in [5, 5.41) is 5.23. The summed E-state index contributed by atoms with van der Waals surface area (Å²) < 4.78 is 39.3. The number of fused-ring (bicyclic) bond motifs is 1. The molecule has 1 aliphatic heterocycles. The van der Waals surface area contributed by atoms with Crippen molar-refractivity contribution in [3.8, 4) is 10.7 Å². The Hall–Kier alpha value is -2.94. The third-order valence-corrected chi connectivity index (χ3v) is 4.94. The van der Waals surface area contributed by atoms with Gasteiger partial charge in [-0.15, -0.1) is 11.3 Å². The highest BCUT2D eigenvalue weighted by Crippen LogP contribution is 2.36. The molecule has 0 radical (unpaired) electrons. The maximum Gasteiger partial charge on any atom is 0.406 e. The molecule has 0 saturated heterocycles. The number of amides is 1. The van der Waals surface area contributed by atoms with E-state index in [-0.39, 0.29) is 5.56 Å². The Morgan fingerprint density at radius 3 is 2.67 bits per heavy atom. The monoisotopic (exact) mass is 390 g/mol. The van der Waals surface area contributed by atoms with Crippen molar-refractivity contribution in [2.45, 2.75) is 12.3 Å². The van der Waals surface area contributed by atoms with Gasteiger partial charge in [0.1, 0.15) is 17.7 Å². The number of thiazole rings is 1. The predicted molar refractivity (Wildman–Crippen MR) is 95.2 cm³/mol. The van der Waals surface area contributed by atoms with Gasteiger partial charge in [0.2, 0.25) is 0 Å². The molecule has 1 atom stereocenters. The normalized spacial score (nSPS) is 16.8. The van der Waals surface area contributed by atoms with Gasteiger partial charge in [0, 0.05) is 17.3 Å². The lowest BCUT2D eigenvalue weighted by Crippen LogP contribution is -2.47. The molecule has 3 heterocycles. The molecule has 138 valence electrons. The summed E-state index contributed by atoms with van der Waals surface area (Å²) in [6.07, 6.45) is -3.92. The Kier molecular flexibility index (Phi) is 4.31. The molecule has 0 bridgehead atoms. The third kappa shape index (κ3) is 3.50. The smallest absolute Gasteiger partial charge is 0.359 e. The minimum absolute atomic E-state index is 0.207. The van der Waals surface area contributed by atoms with Gasteiger partial charge in [-0.05, 0) is 24.3 Å². The molecule has 1 amide bonds. The van der Waals surface area contributed by atoms with Crippen molar-refractivity contribution in [3.05, 3.63) is 65.3 Å². The van der Waals surface area contributed by atoms with Gasteiger partial charge in [-0.1, -0.05) is 18.2 Å². The first-order valence-electron chi connectivity index (χ1n) is 8.02. The summed E-state index contributed by atoms with van der Waals surface area (Å²) in [7, 11) is 0. The van der Waals surface area contributed by atoms with Crippen LogP contribution < -0.4 is 5.32 Å². The number of pyridine rings is 1. The number of nitrogens with zero attached hydrogens (tertiary/aromatic N) is 3. The molecular formula is C18H13F3N4OS. The summed E-state index contributed by atoms with van der Waals surface area (Å²) >= 11 is 1.27. The van der Waals surface area contributed by atoms with Crippen molar-refractivity contribution in [1.82, 2.24) is 14.9 Å². The van der Waals surface area contributed by atoms with E-state index in [1.54, 1.807) is 48.0 Å². The SMILES string of the molecule is O=C1c2ccccc2N[C@H](c2csc(-c3ccccn3)n2)N1CC(F)(F)F. The van der Waals surface area contributed by atoms with E-state index in [2.05, 4.69) is 15.3 Å². The first-order valence-corrected chi connectivity index (χ1v) is 8.90. The van der Waals surface area contributed by atoms with Crippen molar-refractivity contribution in [3.63, 3.8) is 0 Å². The van der Waals surface area contributed by atoms with Crippen LogP contribution in [0.1, 0.15) is 22.2 Å². The number of carbonyl (C=O) groups is 1. The fourth-order valence-corrected chi connectivity index (χ4v) is 3.71. The Labute approximate surface area is 156 Å². The predicted octanol–water partition coefficient (Wildman–Crippen LogP) is 4.33.